The molecule has 2 aliphatic heterocycles. The van der Waals surface area contributed by atoms with E-state index in [-0.39, 0.29) is 18.0 Å². The van der Waals surface area contributed by atoms with Gasteiger partial charge in [0.25, 0.3) is 0 Å². The smallest absolute Gasteiger partial charge is 0.238 e. The zero-order valence-electron chi connectivity index (χ0n) is 11.4. The largest absolute Gasteiger partial charge is 0.381 e. The summed E-state index contributed by atoms with van der Waals surface area (Å²) in [4.78, 5) is 12.1. The van der Waals surface area contributed by atoms with Crippen molar-refractivity contribution in [1.29, 1.82) is 0 Å². The average molecular weight is 255 g/mol. The summed E-state index contributed by atoms with van der Waals surface area (Å²) < 4.78 is 5.35. The second-order valence-electron chi connectivity index (χ2n) is 5.52. The molecule has 0 aromatic heterocycles. The number of carbonyl (C=O) groups is 1. The Balaban J connectivity index is 1.75. The van der Waals surface area contributed by atoms with Gasteiger partial charge < -0.3 is 20.7 Å². The molecule has 0 aromatic carbocycles. The van der Waals surface area contributed by atoms with Crippen LogP contribution in [0.25, 0.3) is 0 Å². The standard InChI is InChI=1S/C13H25N3O2/c1-9-7-15-12(8-14-9)13(17)16-10(2)11-3-5-18-6-4-11/h9-12,14-15H,3-8H2,1-2H3,(H,16,17). The summed E-state index contributed by atoms with van der Waals surface area (Å²) >= 11 is 0. The van der Waals surface area contributed by atoms with Gasteiger partial charge >= 0.3 is 0 Å². The molecule has 0 radical (unpaired) electrons. The summed E-state index contributed by atoms with van der Waals surface area (Å²) in [6.45, 7) is 7.44. The van der Waals surface area contributed by atoms with Crippen molar-refractivity contribution in [2.45, 2.75) is 44.8 Å². The minimum atomic E-state index is -0.0940. The highest BCUT2D eigenvalue weighted by atomic mass is 16.5. The normalized spacial score (nSPS) is 31.9. The van der Waals surface area contributed by atoms with Gasteiger partial charge in [0.1, 0.15) is 0 Å². The number of piperazine rings is 1. The van der Waals surface area contributed by atoms with Crippen LogP contribution in [-0.2, 0) is 9.53 Å². The van der Waals surface area contributed by atoms with Gasteiger partial charge in [-0.25, -0.2) is 0 Å². The third-order valence-corrected chi connectivity index (χ3v) is 4.00. The van der Waals surface area contributed by atoms with Gasteiger partial charge in [0, 0.05) is 38.4 Å². The summed E-state index contributed by atoms with van der Waals surface area (Å²) in [5.74, 6) is 0.673. The number of ether oxygens (including phenoxy) is 1. The molecule has 2 fully saturated rings. The van der Waals surface area contributed by atoms with E-state index in [2.05, 4.69) is 29.8 Å². The topological polar surface area (TPSA) is 62.4 Å². The van der Waals surface area contributed by atoms with E-state index in [0.29, 0.717) is 18.5 Å². The molecule has 0 bridgehead atoms. The Morgan fingerprint density at radius 3 is 2.61 bits per heavy atom. The first kappa shape index (κ1) is 13.8. The Bertz CT molecular complexity index is 271. The average Bonchev–Trinajstić information content (AvgIpc) is 2.40. The van der Waals surface area contributed by atoms with Gasteiger partial charge in [0.2, 0.25) is 5.91 Å². The van der Waals surface area contributed by atoms with E-state index in [9.17, 15) is 4.79 Å². The second-order valence-corrected chi connectivity index (χ2v) is 5.52. The fraction of sp³-hybridized carbons (Fsp3) is 0.923. The molecule has 0 saturated carbocycles. The van der Waals surface area contributed by atoms with Crippen LogP contribution in [0.1, 0.15) is 26.7 Å². The predicted molar refractivity (Wildman–Crippen MR) is 70.4 cm³/mol. The van der Waals surface area contributed by atoms with Crippen LogP contribution in [0.4, 0.5) is 0 Å². The summed E-state index contributed by atoms with van der Waals surface area (Å²) in [6, 6.07) is 0.591. The highest BCUT2D eigenvalue weighted by molar-refractivity contribution is 5.82. The van der Waals surface area contributed by atoms with Crippen LogP contribution in [0.2, 0.25) is 0 Å². The van der Waals surface area contributed by atoms with Gasteiger partial charge in [-0.05, 0) is 32.6 Å². The van der Waals surface area contributed by atoms with Crippen LogP contribution in [0, 0.1) is 5.92 Å². The number of amides is 1. The minimum Gasteiger partial charge on any atom is -0.381 e. The molecule has 5 heteroatoms. The Morgan fingerprint density at radius 1 is 1.28 bits per heavy atom. The number of hydrogen-bond acceptors (Lipinski definition) is 4. The summed E-state index contributed by atoms with van der Waals surface area (Å²) in [5.41, 5.74) is 0. The third kappa shape index (κ3) is 3.67. The molecule has 2 heterocycles. The van der Waals surface area contributed by atoms with E-state index in [1.54, 1.807) is 0 Å². The molecular weight excluding hydrogens is 230 g/mol. The Kier molecular flexibility index (Phi) is 4.97. The van der Waals surface area contributed by atoms with E-state index >= 15 is 0 Å². The molecule has 2 aliphatic rings. The van der Waals surface area contributed by atoms with Crippen LogP contribution in [-0.4, -0.2) is 50.3 Å². The van der Waals surface area contributed by atoms with E-state index in [1.807, 2.05) is 0 Å². The molecule has 1 amide bonds. The molecule has 2 saturated heterocycles. The van der Waals surface area contributed by atoms with Crippen LogP contribution >= 0.6 is 0 Å². The predicted octanol–water partition coefficient (Wildman–Crippen LogP) is -0.132. The molecular formula is C13H25N3O2. The number of nitrogens with one attached hydrogen (secondary N) is 3. The van der Waals surface area contributed by atoms with Crippen molar-refractivity contribution >= 4 is 5.91 Å². The minimum absolute atomic E-state index is 0.0940. The van der Waals surface area contributed by atoms with Gasteiger partial charge in [0.15, 0.2) is 0 Å². The molecule has 3 N–H and O–H groups in total. The van der Waals surface area contributed by atoms with Gasteiger partial charge in [-0.3, -0.25) is 4.79 Å². The zero-order chi connectivity index (χ0) is 13.0. The van der Waals surface area contributed by atoms with Crippen molar-refractivity contribution in [2.24, 2.45) is 5.92 Å². The van der Waals surface area contributed by atoms with Gasteiger partial charge in [-0.2, -0.15) is 0 Å². The molecule has 3 unspecified atom stereocenters. The van der Waals surface area contributed by atoms with Crippen LogP contribution < -0.4 is 16.0 Å². The maximum absolute atomic E-state index is 12.1. The lowest BCUT2D eigenvalue weighted by molar-refractivity contribution is -0.124. The Hall–Kier alpha value is -0.650. The first-order valence-corrected chi connectivity index (χ1v) is 7.01. The lowest BCUT2D eigenvalue weighted by atomic mass is 9.92. The fourth-order valence-corrected chi connectivity index (χ4v) is 2.63. The molecule has 2 rings (SSSR count). The monoisotopic (exact) mass is 255 g/mol. The van der Waals surface area contributed by atoms with E-state index in [1.165, 1.54) is 0 Å². The van der Waals surface area contributed by atoms with Crippen LogP contribution in [0.3, 0.4) is 0 Å². The highest BCUT2D eigenvalue weighted by Gasteiger charge is 2.27. The van der Waals surface area contributed by atoms with Crippen molar-refractivity contribution in [2.75, 3.05) is 26.3 Å². The maximum Gasteiger partial charge on any atom is 0.238 e. The summed E-state index contributed by atoms with van der Waals surface area (Å²) in [7, 11) is 0. The maximum atomic E-state index is 12.1. The van der Waals surface area contributed by atoms with Crippen molar-refractivity contribution in [3.8, 4) is 0 Å². The van der Waals surface area contributed by atoms with Crippen LogP contribution in [0.15, 0.2) is 0 Å². The molecule has 3 atom stereocenters. The van der Waals surface area contributed by atoms with E-state index < -0.39 is 0 Å². The van der Waals surface area contributed by atoms with Crippen molar-refractivity contribution in [3.05, 3.63) is 0 Å². The summed E-state index contributed by atoms with van der Waals surface area (Å²) in [5, 5.41) is 9.74. The van der Waals surface area contributed by atoms with Crippen molar-refractivity contribution < 1.29 is 9.53 Å². The molecule has 0 aliphatic carbocycles. The first-order valence-electron chi connectivity index (χ1n) is 7.01. The van der Waals surface area contributed by atoms with Crippen LogP contribution in [0.5, 0.6) is 0 Å². The van der Waals surface area contributed by atoms with E-state index in [4.69, 9.17) is 4.74 Å². The van der Waals surface area contributed by atoms with E-state index in [0.717, 1.165) is 32.6 Å². The SMILES string of the molecule is CC1CNC(C(=O)NC(C)C2CCOCC2)CN1. The quantitative estimate of drug-likeness (QED) is 0.657. The number of hydrogen-bond donors (Lipinski definition) is 3. The molecule has 104 valence electrons. The van der Waals surface area contributed by atoms with Gasteiger partial charge in [-0.1, -0.05) is 0 Å². The summed E-state index contributed by atoms with van der Waals surface area (Å²) in [6.07, 6.45) is 2.10. The number of carbonyl (C=O) groups excluding carboxylic acids is 1. The van der Waals surface area contributed by atoms with Gasteiger partial charge in [0.05, 0.1) is 6.04 Å². The van der Waals surface area contributed by atoms with Crippen molar-refractivity contribution in [3.63, 3.8) is 0 Å². The third-order valence-electron chi connectivity index (χ3n) is 4.00. The Morgan fingerprint density at radius 2 is 2.00 bits per heavy atom. The fourth-order valence-electron chi connectivity index (χ4n) is 2.63. The molecule has 18 heavy (non-hydrogen) atoms. The second kappa shape index (κ2) is 6.50. The zero-order valence-corrected chi connectivity index (χ0v) is 11.4. The molecule has 5 nitrogen and oxygen atoms in total. The number of rotatable bonds is 3. The molecule has 0 aromatic rings. The Labute approximate surface area is 109 Å². The first-order chi connectivity index (χ1) is 8.66. The van der Waals surface area contributed by atoms with Gasteiger partial charge in [-0.15, -0.1) is 0 Å². The lowest BCUT2D eigenvalue weighted by Crippen LogP contribution is -2.60. The van der Waals surface area contributed by atoms with Crippen molar-refractivity contribution in [1.82, 2.24) is 16.0 Å². The highest BCUT2D eigenvalue weighted by Crippen LogP contribution is 2.18. The lowest BCUT2D eigenvalue weighted by Gasteiger charge is -2.32. The molecule has 0 spiro atoms.